The van der Waals surface area contributed by atoms with Crippen molar-refractivity contribution >= 4 is 45.9 Å². The van der Waals surface area contributed by atoms with E-state index in [1.165, 1.54) is 12.1 Å². The topological polar surface area (TPSA) is 101 Å². The van der Waals surface area contributed by atoms with Crippen LogP contribution >= 0.6 is 11.8 Å². The highest BCUT2D eigenvalue weighted by molar-refractivity contribution is 8.01. The van der Waals surface area contributed by atoms with Gasteiger partial charge in [0, 0.05) is 16.6 Å². The molecule has 2 atom stereocenters. The molecular formula is C16H16F3N3O4S2. The average molecular weight is 435 g/mol. The van der Waals surface area contributed by atoms with Gasteiger partial charge in [-0.15, -0.1) is 11.8 Å². The number of rotatable bonds is 7. The number of alkyl halides is 3. The highest BCUT2D eigenvalue weighted by atomic mass is 32.2. The van der Waals surface area contributed by atoms with Crippen molar-refractivity contribution in [3.63, 3.8) is 0 Å². The number of carbonyl (C=O) groups is 2. The van der Waals surface area contributed by atoms with Crippen molar-refractivity contribution in [1.29, 1.82) is 0 Å². The lowest BCUT2D eigenvalue weighted by Crippen LogP contribution is -2.25. The Labute approximate surface area is 164 Å². The number of halogens is 3. The summed E-state index contributed by atoms with van der Waals surface area (Å²) in [6.07, 6.45) is 0. The lowest BCUT2D eigenvalue weighted by molar-refractivity contribution is -0.115. The Hall–Kier alpha value is -2.34. The Morgan fingerprint density at radius 3 is 2.43 bits per heavy atom. The van der Waals surface area contributed by atoms with Crippen LogP contribution < -0.4 is 10.6 Å². The maximum Gasteiger partial charge on any atom is 0.475 e. The molecule has 0 fully saturated rings. The summed E-state index contributed by atoms with van der Waals surface area (Å²) in [4.78, 5) is 23.5. The zero-order valence-corrected chi connectivity index (χ0v) is 16.3. The molecule has 0 spiro atoms. The first-order valence-corrected chi connectivity index (χ1v) is 10.0. The van der Waals surface area contributed by atoms with Crippen LogP contribution in [0.15, 0.2) is 39.8 Å². The van der Waals surface area contributed by atoms with Gasteiger partial charge in [-0.25, -0.2) is 4.21 Å². The Kier molecular flexibility index (Phi) is 7.24. The van der Waals surface area contributed by atoms with Crippen LogP contribution in [0.5, 0.6) is 0 Å². The molecule has 1 aromatic heterocycles. The highest BCUT2D eigenvalue weighted by Crippen LogP contribution is 2.27. The predicted octanol–water partition coefficient (Wildman–Crippen LogP) is 3.31. The summed E-state index contributed by atoms with van der Waals surface area (Å²) in [6.45, 7) is 3.29. The predicted molar refractivity (Wildman–Crippen MR) is 99.3 cm³/mol. The van der Waals surface area contributed by atoms with Gasteiger partial charge in [-0.3, -0.25) is 9.59 Å². The molecular weight excluding hydrogens is 419 g/mol. The van der Waals surface area contributed by atoms with Gasteiger partial charge in [0.15, 0.2) is 16.6 Å². The molecule has 1 aromatic carbocycles. The van der Waals surface area contributed by atoms with E-state index in [-0.39, 0.29) is 23.2 Å². The van der Waals surface area contributed by atoms with Crippen molar-refractivity contribution in [1.82, 2.24) is 5.16 Å². The first-order valence-electron chi connectivity index (χ1n) is 7.80. The fourth-order valence-corrected chi connectivity index (χ4v) is 3.26. The smallest absolute Gasteiger partial charge is 0.360 e. The largest absolute Gasteiger partial charge is 0.475 e. The van der Waals surface area contributed by atoms with Gasteiger partial charge >= 0.3 is 5.51 Å². The van der Waals surface area contributed by atoms with E-state index < -0.39 is 32.4 Å². The molecule has 12 heteroatoms. The van der Waals surface area contributed by atoms with Gasteiger partial charge in [-0.1, -0.05) is 5.16 Å². The number of benzene rings is 1. The van der Waals surface area contributed by atoms with Crippen molar-refractivity contribution in [2.24, 2.45) is 0 Å². The summed E-state index contributed by atoms with van der Waals surface area (Å²) < 4.78 is 53.3. The van der Waals surface area contributed by atoms with E-state index in [9.17, 15) is 27.0 Å². The van der Waals surface area contributed by atoms with Crippen LogP contribution in [0.3, 0.4) is 0 Å². The van der Waals surface area contributed by atoms with Gasteiger partial charge in [0.25, 0.3) is 0 Å². The van der Waals surface area contributed by atoms with Gasteiger partial charge in [0.05, 0.1) is 11.0 Å². The summed E-state index contributed by atoms with van der Waals surface area (Å²) in [5, 5.41) is 8.12. The third-order valence-corrected chi connectivity index (χ3v) is 5.54. The zero-order valence-electron chi connectivity index (χ0n) is 14.7. The molecule has 0 aliphatic rings. The number of anilines is 2. The third kappa shape index (κ3) is 6.37. The van der Waals surface area contributed by atoms with Crippen LogP contribution in [0, 0.1) is 6.92 Å². The van der Waals surface area contributed by atoms with Crippen LogP contribution in [0.25, 0.3) is 0 Å². The minimum Gasteiger partial charge on any atom is -0.360 e. The van der Waals surface area contributed by atoms with Crippen LogP contribution in [-0.2, 0) is 20.4 Å². The minimum absolute atomic E-state index is 0.0529. The lowest BCUT2D eigenvalue weighted by atomic mass is 10.3. The molecule has 0 bridgehead atoms. The molecule has 0 unspecified atom stereocenters. The van der Waals surface area contributed by atoms with Gasteiger partial charge in [0.2, 0.25) is 11.8 Å². The van der Waals surface area contributed by atoms with Crippen molar-refractivity contribution in [3.05, 3.63) is 36.1 Å². The number of aryl methyl sites for hydroxylation is 1. The summed E-state index contributed by atoms with van der Waals surface area (Å²) in [5.41, 5.74) is -4.59. The number of aromatic nitrogens is 1. The fourth-order valence-electron chi connectivity index (χ4n) is 1.92. The van der Waals surface area contributed by atoms with Crippen molar-refractivity contribution in [2.45, 2.75) is 29.5 Å². The minimum atomic E-state index is -4.84. The first kappa shape index (κ1) is 22.0. The van der Waals surface area contributed by atoms with Gasteiger partial charge < -0.3 is 15.2 Å². The second-order valence-electron chi connectivity index (χ2n) is 5.55. The monoisotopic (exact) mass is 435 g/mol. The molecule has 2 aromatic rings. The molecule has 2 amide bonds. The normalized spacial score (nSPS) is 13.6. The molecule has 2 rings (SSSR count). The molecule has 0 aliphatic carbocycles. The number of carbonyl (C=O) groups excluding carboxylic acids is 2. The van der Waals surface area contributed by atoms with E-state index in [1.54, 1.807) is 19.9 Å². The molecule has 1 heterocycles. The van der Waals surface area contributed by atoms with Gasteiger partial charge in [-0.2, -0.15) is 13.2 Å². The molecule has 0 aliphatic heterocycles. The number of hydrogen-bond acceptors (Lipinski definition) is 6. The number of nitrogens with one attached hydrogen (secondary N) is 2. The highest BCUT2D eigenvalue weighted by Gasteiger charge is 2.37. The summed E-state index contributed by atoms with van der Waals surface area (Å²) in [7, 11) is -3.13. The summed E-state index contributed by atoms with van der Waals surface area (Å²) in [5.74, 6) is -0.0321. The maximum absolute atomic E-state index is 12.4. The Bertz CT molecular complexity index is 869. The van der Waals surface area contributed by atoms with Crippen molar-refractivity contribution in [3.8, 4) is 0 Å². The zero-order chi connectivity index (χ0) is 20.9. The summed E-state index contributed by atoms with van der Waals surface area (Å²) in [6, 6.07) is 6.07. The molecule has 28 heavy (non-hydrogen) atoms. The molecule has 2 N–H and O–H groups in total. The van der Waals surface area contributed by atoms with Crippen LogP contribution in [-0.4, -0.2) is 37.7 Å². The van der Waals surface area contributed by atoms with Crippen LogP contribution in [0.4, 0.5) is 24.7 Å². The third-order valence-electron chi connectivity index (χ3n) is 3.28. The van der Waals surface area contributed by atoms with Gasteiger partial charge in [0.1, 0.15) is 5.76 Å². The number of hydrogen-bond donors (Lipinski definition) is 2. The second-order valence-corrected chi connectivity index (χ2v) is 8.35. The van der Waals surface area contributed by atoms with E-state index in [0.29, 0.717) is 5.76 Å². The molecule has 0 radical (unpaired) electrons. The number of amides is 2. The van der Waals surface area contributed by atoms with E-state index in [2.05, 4.69) is 15.8 Å². The van der Waals surface area contributed by atoms with Crippen molar-refractivity contribution in [2.75, 3.05) is 16.4 Å². The molecule has 152 valence electrons. The molecule has 0 saturated heterocycles. The number of thioether (sulfide) groups is 1. The van der Waals surface area contributed by atoms with E-state index in [0.717, 1.165) is 23.9 Å². The van der Waals surface area contributed by atoms with Gasteiger partial charge in [-0.05, 0) is 38.1 Å². The van der Waals surface area contributed by atoms with E-state index >= 15 is 0 Å². The molecule has 0 saturated carbocycles. The standard InChI is InChI=1S/C16H16F3N3O4S2/c1-9-7-13(22-26-9)21-15(24)10(2)27-8-14(23)20-11-3-5-12(6-4-11)28(25)16(17,18)19/h3-7,10H,8H2,1-2H3,(H,20,23)(H,21,22,24)/t10-,28-/m1/s1. The molecule has 7 nitrogen and oxygen atoms in total. The first-order chi connectivity index (χ1) is 13.1. The SMILES string of the molecule is Cc1cc(NC(=O)[C@@H](C)SCC(=O)Nc2ccc([S@@](=O)C(F)(F)F)cc2)no1. The van der Waals surface area contributed by atoms with Crippen LogP contribution in [0.2, 0.25) is 0 Å². The Balaban J connectivity index is 1.81. The quantitative estimate of drug-likeness (QED) is 0.692. The van der Waals surface area contributed by atoms with E-state index in [1.807, 2.05) is 0 Å². The summed E-state index contributed by atoms with van der Waals surface area (Å²) >= 11 is 1.07. The average Bonchev–Trinajstić information content (AvgIpc) is 3.03. The fraction of sp³-hybridized carbons (Fsp3) is 0.312. The Morgan fingerprint density at radius 1 is 1.25 bits per heavy atom. The number of nitrogens with zero attached hydrogens (tertiary/aromatic N) is 1. The van der Waals surface area contributed by atoms with Crippen molar-refractivity contribution < 1.29 is 31.5 Å². The maximum atomic E-state index is 12.4. The van der Waals surface area contributed by atoms with E-state index in [4.69, 9.17) is 4.52 Å². The van der Waals surface area contributed by atoms with Crippen LogP contribution in [0.1, 0.15) is 12.7 Å². The Morgan fingerprint density at radius 2 is 1.89 bits per heavy atom. The second kappa shape index (κ2) is 9.24. The lowest BCUT2D eigenvalue weighted by Gasteiger charge is -2.11.